The quantitative estimate of drug-likeness (QED) is 0.709. The average Bonchev–Trinajstić information content (AvgIpc) is 2.77. The first-order valence-electron chi connectivity index (χ1n) is 9.39. The van der Waals surface area contributed by atoms with E-state index >= 15 is 0 Å². The van der Waals surface area contributed by atoms with Crippen molar-refractivity contribution in [3.05, 3.63) is 71.3 Å². The second-order valence-electron chi connectivity index (χ2n) is 6.88. The molecule has 0 amide bonds. The standard InChI is InChI=1S/C23H22N2O4/c1-28-17-7-10-21(29-2)19(13-17)20-9-8-18(23(26)27)22(24-20)25-12-11-15-5-3-4-6-16(15)14-25/h3-10,13H,11-12,14H2,1-2H3,(H,26,27). The first-order chi connectivity index (χ1) is 14.1. The van der Waals surface area contributed by atoms with Crippen molar-refractivity contribution in [2.75, 3.05) is 25.7 Å². The molecule has 0 unspecified atom stereocenters. The molecule has 2 heterocycles. The van der Waals surface area contributed by atoms with Gasteiger partial charge in [0.1, 0.15) is 22.9 Å². The van der Waals surface area contributed by atoms with Crippen LogP contribution in [0, 0.1) is 0 Å². The van der Waals surface area contributed by atoms with Crippen molar-refractivity contribution < 1.29 is 19.4 Å². The van der Waals surface area contributed by atoms with Gasteiger partial charge in [0.05, 0.1) is 19.9 Å². The van der Waals surface area contributed by atoms with Crippen molar-refractivity contribution in [2.24, 2.45) is 0 Å². The van der Waals surface area contributed by atoms with Gasteiger partial charge < -0.3 is 19.5 Å². The molecule has 1 aromatic heterocycles. The van der Waals surface area contributed by atoms with E-state index in [1.807, 2.05) is 35.2 Å². The lowest BCUT2D eigenvalue weighted by atomic mass is 9.99. The summed E-state index contributed by atoms with van der Waals surface area (Å²) in [6.07, 6.45) is 0.851. The summed E-state index contributed by atoms with van der Waals surface area (Å²) in [4.78, 5) is 18.7. The van der Waals surface area contributed by atoms with E-state index in [0.717, 1.165) is 12.0 Å². The fourth-order valence-corrected chi connectivity index (χ4v) is 3.70. The summed E-state index contributed by atoms with van der Waals surface area (Å²) in [5.74, 6) is 0.805. The molecule has 0 radical (unpaired) electrons. The molecule has 2 aromatic carbocycles. The Kier molecular flexibility index (Phi) is 5.08. The predicted octanol–water partition coefficient (Wildman–Crippen LogP) is 4.03. The number of hydrogen-bond donors (Lipinski definition) is 1. The van der Waals surface area contributed by atoms with E-state index in [4.69, 9.17) is 14.5 Å². The number of nitrogens with zero attached hydrogens (tertiary/aromatic N) is 2. The number of ether oxygens (including phenoxy) is 2. The lowest BCUT2D eigenvalue weighted by Gasteiger charge is -2.31. The number of carboxylic acids is 1. The third-order valence-corrected chi connectivity index (χ3v) is 5.22. The van der Waals surface area contributed by atoms with Crippen LogP contribution in [0.2, 0.25) is 0 Å². The van der Waals surface area contributed by atoms with Crippen LogP contribution in [0.3, 0.4) is 0 Å². The first-order valence-corrected chi connectivity index (χ1v) is 9.39. The van der Waals surface area contributed by atoms with Crippen molar-refractivity contribution >= 4 is 11.8 Å². The van der Waals surface area contributed by atoms with Crippen LogP contribution in [0.5, 0.6) is 11.5 Å². The Morgan fingerprint density at radius 1 is 1.03 bits per heavy atom. The molecule has 0 saturated heterocycles. The summed E-state index contributed by atoms with van der Waals surface area (Å²) in [7, 11) is 3.20. The molecule has 0 spiro atoms. The Balaban J connectivity index is 1.80. The van der Waals surface area contributed by atoms with Crippen LogP contribution >= 0.6 is 0 Å². The lowest BCUT2D eigenvalue weighted by molar-refractivity contribution is 0.0697. The zero-order valence-corrected chi connectivity index (χ0v) is 16.4. The van der Waals surface area contributed by atoms with E-state index in [0.29, 0.717) is 36.1 Å². The molecule has 0 aliphatic carbocycles. The Morgan fingerprint density at radius 3 is 2.55 bits per heavy atom. The molecule has 3 aromatic rings. The number of benzene rings is 2. The summed E-state index contributed by atoms with van der Waals surface area (Å²) < 4.78 is 10.8. The molecular formula is C23H22N2O4. The van der Waals surface area contributed by atoms with Gasteiger partial charge in [0.25, 0.3) is 0 Å². The second-order valence-corrected chi connectivity index (χ2v) is 6.88. The minimum Gasteiger partial charge on any atom is -0.497 e. The van der Waals surface area contributed by atoms with E-state index in [9.17, 15) is 9.90 Å². The Morgan fingerprint density at radius 2 is 1.83 bits per heavy atom. The molecule has 148 valence electrons. The van der Waals surface area contributed by atoms with E-state index in [1.54, 1.807) is 26.4 Å². The number of methoxy groups -OCH3 is 2. The highest BCUT2D eigenvalue weighted by Crippen LogP contribution is 2.35. The number of carbonyl (C=O) groups is 1. The summed E-state index contributed by atoms with van der Waals surface area (Å²) >= 11 is 0. The topological polar surface area (TPSA) is 71.9 Å². The molecule has 0 saturated carbocycles. The van der Waals surface area contributed by atoms with Crippen molar-refractivity contribution in [1.29, 1.82) is 0 Å². The molecule has 1 aliphatic rings. The van der Waals surface area contributed by atoms with Crippen molar-refractivity contribution in [3.8, 4) is 22.8 Å². The van der Waals surface area contributed by atoms with Crippen molar-refractivity contribution in [1.82, 2.24) is 4.98 Å². The van der Waals surface area contributed by atoms with Crippen molar-refractivity contribution in [2.45, 2.75) is 13.0 Å². The smallest absolute Gasteiger partial charge is 0.339 e. The largest absolute Gasteiger partial charge is 0.497 e. The van der Waals surface area contributed by atoms with Gasteiger partial charge in [0, 0.05) is 18.7 Å². The number of aromatic carboxylic acids is 1. The van der Waals surface area contributed by atoms with Gasteiger partial charge in [-0.25, -0.2) is 9.78 Å². The SMILES string of the molecule is COc1ccc(OC)c(-c2ccc(C(=O)O)c(N3CCc4ccccc4C3)n2)c1. The number of carboxylic acid groups (broad SMARTS) is 1. The average molecular weight is 390 g/mol. The summed E-state index contributed by atoms with van der Waals surface area (Å²) in [5.41, 5.74) is 4.07. The first kappa shape index (κ1) is 18.8. The number of aromatic nitrogens is 1. The molecule has 6 nitrogen and oxygen atoms in total. The van der Waals surface area contributed by atoms with Gasteiger partial charge in [0.15, 0.2) is 0 Å². The van der Waals surface area contributed by atoms with Gasteiger partial charge in [-0.05, 0) is 47.9 Å². The molecular weight excluding hydrogens is 368 g/mol. The minimum atomic E-state index is -0.990. The van der Waals surface area contributed by atoms with Gasteiger partial charge in [-0.1, -0.05) is 24.3 Å². The molecule has 0 fully saturated rings. The Hall–Kier alpha value is -3.54. The molecule has 6 heteroatoms. The molecule has 0 bridgehead atoms. The maximum absolute atomic E-state index is 11.9. The highest BCUT2D eigenvalue weighted by Gasteiger charge is 2.23. The third-order valence-electron chi connectivity index (χ3n) is 5.22. The molecule has 1 aliphatic heterocycles. The fraction of sp³-hybridized carbons (Fsp3) is 0.217. The molecule has 1 N–H and O–H groups in total. The van der Waals surface area contributed by atoms with Gasteiger partial charge >= 0.3 is 5.97 Å². The molecule has 4 rings (SSSR count). The number of pyridine rings is 1. The number of hydrogen-bond acceptors (Lipinski definition) is 5. The highest BCUT2D eigenvalue weighted by molar-refractivity contribution is 5.94. The normalized spacial score (nSPS) is 13.0. The monoisotopic (exact) mass is 390 g/mol. The second kappa shape index (κ2) is 7.83. The highest BCUT2D eigenvalue weighted by atomic mass is 16.5. The van der Waals surface area contributed by atoms with Crippen molar-refractivity contribution in [3.63, 3.8) is 0 Å². The van der Waals surface area contributed by atoms with E-state index < -0.39 is 5.97 Å². The predicted molar refractivity (Wildman–Crippen MR) is 111 cm³/mol. The Bertz CT molecular complexity index is 1060. The van der Waals surface area contributed by atoms with E-state index in [1.165, 1.54) is 11.1 Å². The van der Waals surface area contributed by atoms with Crippen LogP contribution in [-0.4, -0.2) is 36.8 Å². The summed E-state index contributed by atoms with van der Waals surface area (Å²) in [6, 6.07) is 17.0. The lowest BCUT2D eigenvalue weighted by Crippen LogP contribution is -2.32. The summed E-state index contributed by atoms with van der Waals surface area (Å²) in [6.45, 7) is 1.34. The van der Waals surface area contributed by atoms with Crippen LogP contribution < -0.4 is 14.4 Å². The maximum atomic E-state index is 11.9. The van der Waals surface area contributed by atoms with Gasteiger partial charge in [-0.2, -0.15) is 0 Å². The van der Waals surface area contributed by atoms with Crippen LogP contribution in [0.1, 0.15) is 21.5 Å². The van der Waals surface area contributed by atoms with E-state index in [-0.39, 0.29) is 5.56 Å². The van der Waals surface area contributed by atoms with E-state index in [2.05, 4.69) is 12.1 Å². The van der Waals surface area contributed by atoms with Gasteiger partial charge in [-0.3, -0.25) is 0 Å². The maximum Gasteiger partial charge on any atom is 0.339 e. The number of rotatable bonds is 5. The Labute approximate surface area is 169 Å². The number of anilines is 1. The summed E-state index contributed by atoms with van der Waals surface area (Å²) in [5, 5.41) is 9.72. The fourth-order valence-electron chi connectivity index (χ4n) is 3.70. The zero-order chi connectivity index (χ0) is 20.4. The van der Waals surface area contributed by atoms with Crippen LogP contribution in [0.25, 0.3) is 11.3 Å². The van der Waals surface area contributed by atoms with Crippen LogP contribution in [-0.2, 0) is 13.0 Å². The van der Waals surface area contributed by atoms with Gasteiger partial charge in [-0.15, -0.1) is 0 Å². The van der Waals surface area contributed by atoms with Crippen LogP contribution in [0.15, 0.2) is 54.6 Å². The number of fused-ring (bicyclic) bond motifs is 1. The zero-order valence-electron chi connectivity index (χ0n) is 16.4. The third kappa shape index (κ3) is 3.61. The molecule has 29 heavy (non-hydrogen) atoms. The van der Waals surface area contributed by atoms with Gasteiger partial charge in [0.2, 0.25) is 0 Å². The minimum absolute atomic E-state index is 0.190. The molecule has 0 atom stereocenters. The van der Waals surface area contributed by atoms with Crippen LogP contribution in [0.4, 0.5) is 5.82 Å².